The number of nitrogens with one attached hydrogen (secondary N) is 2. The molecule has 0 aliphatic heterocycles. The van der Waals surface area contributed by atoms with Crippen molar-refractivity contribution in [1.82, 2.24) is 5.32 Å². The first-order chi connectivity index (χ1) is 8.22. The number of phenols is 1. The van der Waals surface area contributed by atoms with Crippen LogP contribution in [0.15, 0.2) is 18.2 Å². The summed E-state index contributed by atoms with van der Waals surface area (Å²) in [6, 6.07) is 4.95. The van der Waals surface area contributed by atoms with Gasteiger partial charge in [-0.15, -0.1) is 0 Å². The molecule has 0 amide bonds. The fourth-order valence-electron chi connectivity index (χ4n) is 1.51. The molecular formula is C12H21N3O2. The van der Waals surface area contributed by atoms with Crippen LogP contribution in [0.4, 0.5) is 11.4 Å². The Bertz CT molecular complexity index is 311. The van der Waals surface area contributed by atoms with Crippen LogP contribution in [-0.2, 0) is 0 Å². The SMILES string of the molecule is Nc1cc(O)cc(NCCCNCCCO)c1. The third kappa shape index (κ3) is 5.99. The summed E-state index contributed by atoms with van der Waals surface area (Å²) in [6.45, 7) is 2.79. The standard InChI is InChI=1S/C12H21N3O2/c13-10-7-11(9-12(17)8-10)15-5-1-3-14-4-2-6-16/h7-9,14-17H,1-6,13H2. The Morgan fingerprint density at radius 2 is 1.82 bits per heavy atom. The van der Waals surface area contributed by atoms with E-state index >= 15 is 0 Å². The van der Waals surface area contributed by atoms with Crippen molar-refractivity contribution in [2.75, 3.05) is 37.3 Å². The lowest BCUT2D eigenvalue weighted by molar-refractivity contribution is 0.286. The molecule has 5 heteroatoms. The molecule has 0 spiro atoms. The summed E-state index contributed by atoms with van der Waals surface area (Å²) in [6.07, 6.45) is 1.76. The van der Waals surface area contributed by atoms with Crippen LogP contribution in [0.1, 0.15) is 12.8 Å². The second-order valence-electron chi connectivity index (χ2n) is 3.92. The number of hydrogen-bond donors (Lipinski definition) is 5. The lowest BCUT2D eigenvalue weighted by Crippen LogP contribution is -2.19. The van der Waals surface area contributed by atoms with Gasteiger partial charge in [0.05, 0.1) is 0 Å². The summed E-state index contributed by atoms with van der Waals surface area (Å²) < 4.78 is 0. The normalized spacial score (nSPS) is 10.4. The number of aromatic hydroxyl groups is 1. The van der Waals surface area contributed by atoms with E-state index in [1.54, 1.807) is 12.1 Å². The zero-order valence-electron chi connectivity index (χ0n) is 9.95. The second-order valence-corrected chi connectivity index (χ2v) is 3.92. The molecule has 0 fully saturated rings. The zero-order valence-corrected chi connectivity index (χ0v) is 9.95. The van der Waals surface area contributed by atoms with Gasteiger partial charge in [0, 0.05) is 36.7 Å². The summed E-state index contributed by atoms with van der Waals surface area (Å²) in [5, 5.41) is 24.3. The van der Waals surface area contributed by atoms with Gasteiger partial charge >= 0.3 is 0 Å². The highest BCUT2D eigenvalue weighted by Gasteiger charge is 1.96. The smallest absolute Gasteiger partial charge is 0.119 e. The lowest BCUT2D eigenvalue weighted by atomic mass is 10.2. The minimum atomic E-state index is 0.175. The molecule has 0 heterocycles. The summed E-state index contributed by atoms with van der Waals surface area (Å²) in [5.41, 5.74) is 6.99. The monoisotopic (exact) mass is 239 g/mol. The molecule has 0 bridgehead atoms. The number of nitrogen functional groups attached to an aromatic ring is 1. The number of aliphatic hydroxyl groups excluding tert-OH is 1. The number of benzene rings is 1. The van der Waals surface area contributed by atoms with Crippen molar-refractivity contribution in [3.05, 3.63) is 18.2 Å². The number of nitrogens with two attached hydrogens (primary N) is 1. The van der Waals surface area contributed by atoms with E-state index in [4.69, 9.17) is 10.8 Å². The highest BCUT2D eigenvalue weighted by atomic mass is 16.3. The third-order valence-corrected chi connectivity index (χ3v) is 2.31. The molecule has 0 aliphatic carbocycles. The van der Waals surface area contributed by atoms with Crippen molar-refractivity contribution in [2.24, 2.45) is 0 Å². The Hall–Kier alpha value is -1.46. The van der Waals surface area contributed by atoms with Gasteiger partial charge in [-0.1, -0.05) is 0 Å². The lowest BCUT2D eigenvalue weighted by Gasteiger charge is -2.08. The molecule has 1 aromatic rings. The molecule has 5 nitrogen and oxygen atoms in total. The van der Waals surface area contributed by atoms with Gasteiger partial charge in [-0.3, -0.25) is 0 Å². The van der Waals surface area contributed by atoms with Gasteiger partial charge in [-0.2, -0.15) is 0 Å². The van der Waals surface area contributed by atoms with Gasteiger partial charge in [0.2, 0.25) is 0 Å². The Morgan fingerprint density at radius 3 is 2.53 bits per heavy atom. The first kappa shape index (κ1) is 13.6. The van der Waals surface area contributed by atoms with Gasteiger partial charge in [0.25, 0.3) is 0 Å². The number of aliphatic hydroxyl groups is 1. The van der Waals surface area contributed by atoms with E-state index in [9.17, 15) is 5.11 Å². The number of anilines is 2. The van der Waals surface area contributed by atoms with E-state index in [0.717, 1.165) is 38.2 Å². The van der Waals surface area contributed by atoms with Crippen LogP contribution in [0.3, 0.4) is 0 Å². The van der Waals surface area contributed by atoms with Crippen LogP contribution < -0.4 is 16.4 Å². The summed E-state index contributed by atoms with van der Waals surface area (Å²) in [7, 11) is 0. The Balaban J connectivity index is 2.13. The highest BCUT2D eigenvalue weighted by molar-refractivity contribution is 5.58. The first-order valence-corrected chi connectivity index (χ1v) is 5.87. The second kappa shape index (κ2) is 7.76. The average Bonchev–Trinajstić information content (AvgIpc) is 2.26. The van der Waals surface area contributed by atoms with Crippen molar-refractivity contribution in [1.29, 1.82) is 0 Å². The molecule has 0 saturated heterocycles. The third-order valence-electron chi connectivity index (χ3n) is 2.31. The molecule has 0 atom stereocenters. The molecule has 96 valence electrons. The number of phenolic OH excluding ortho intramolecular Hbond substituents is 1. The highest BCUT2D eigenvalue weighted by Crippen LogP contribution is 2.20. The minimum absolute atomic E-state index is 0.175. The number of hydrogen-bond acceptors (Lipinski definition) is 5. The van der Waals surface area contributed by atoms with Gasteiger partial charge in [0.15, 0.2) is 0 Å². The van der Waals surface area contributed by atoms with Gasteiger partial charge in [-0.05, 0) is 32.0 Å². The molecule has 6 N–H and O–H groups in total. The van der Waals surface area contributed by atoms with E-state index < -0.39 is 0 Å². The molecule has 1 rings (SSSR count). The van der Waals surface area contributed by atoms with Crippen LogP contribution in [0.25, 0.3) is 0 Å². The van der Waals surface area contributed by atoms with E-state index in [1.165, 1.54) is 6.07 Å². The first-order valence-electron chi connectivity index (χ1n) is 5.87. The summed E-state index contributed by atoms with van der Waals surface area (Å²) >= 11 is 0. The van der Waals surface area contributed by atoms with Crippen molar-refractivity contribution >= 4 is 11.4 Å². The van der Waals surface area contributed by atoms with Crippen molar-refractivity contribution in [3.63, 3.8) is 0 Å². The maximum absolute atomic E-state index is 9.34. The topological polar surface area (TPSA) is 90.5 Å². The largest absolute Gasteiger partial charge is 0.508 e. The summed E-state index contributed by atoms with van der Waals surface area (Å²) in [4.78, 5) is 0. The molecule has 0 radical (unpaired) electrons. The van der Waals surface area contributed by atoms with Crippen molar-refractivity contribution < 1.29 is 10.2 Å². The fraction of sp³-hybridized carbons (Fsp3) is 0.500. The maximum Gasteiger partial charge on any atom is 0.119 e. The molecule has 1 aromatic carbocycles. The van der Waals surface area contributed by atoms with Crippen LogP contribution in [0.5, 0.6) is 5.75 Å². The Labute approximate surface area is 102 Å². The zero-order chi connectivity index (χ0) is 12.5. The molecule has 0 unspecified atom stereocenters. The van der Waals surface area contributed by atoms with Crippen LogP contribution >= 0.6 is 0 Å². The van der Waals surface area contributed by atoms with Crippen molar-refractivity contribution in [2.45, 2.75) is 12.8 Å². The van der Waals surface area contributed by atoms with Gasteiger partial charge in [0.1, 0.15) is 5.75 Å². The van der Waals surface area contributed by atoms with Gasteiger partial charge < -0.3 is 26.6 Å². The predicted octanol–water partition coefficient (Wildman–Crippen LogP) is 0.748. The molecular weight excluding hydrogens is 218 g/mol. The predicted molar refractivity (Wildman–Crippen MR) is 70.2 cm³/mol. The summed E-state index contributed by atoms with van der Waals surface area (Å²) in [5.74, 6) is 0.175. The molecule has 0 saturated carbocycles. The Morgan fingerprint density at radius 1 is 1.06 bits per heavy atom. The molecule has 0 aliphatic rings. The molecule has 17 heavy (non-hydrogen) atoms. The quantitative estimate of drug-likeness (QED) is 0.341. The minimum Gasteiger partial charge on any atom is -0.508 e. The van der Waals surface area contributed by atoms with Gasteiger partial charge in [-0.25, -0.2) is 0 Å². The molecule has 0 aromatic heterocycles. The van der Waals surface area contributed by atoms with Crippen LogP contribution in [0, 0.1) is 0 Å². The average molecular weight is 239 g/mol. The van der Waals surface area contributed by atoms with E-state index in [-0.39, 0.29) is 12.4 Å². The van der Waals surface area contributed by atoms with E-state index in [1.807, 2.05) is 0 Å². The van der Waals surface area contributed by atoms with E-state index in [2.05, 4.69) is 10.6 Å². The number of rotatable bonds is 8. The maximum atomic E-state index is 9.34. The fourth-order valence-corrected chi connectivity index (χ4v) is 1.51. The van der Waals surface area contributed by atoms with Crippen LogP contribution in [0.2, 0.25) is 0 Å². The van der Waals surface area contributed by atoms with Crippen LogP contribution in [-0.4, -0.2) is 36.5 Å². The van der Waals surface area contributed by atoms with E-state index in [0.29, 0.717) is 5.69 Å². The van der Waals surface area contributed by atoms with Crippen molar-refractivity contribution in [3.8, 4) is 5.75 Å². The Kier molecular flexibility index (Phi) is 6.21.